The van der Waals surface area contributed by atoms with Crippen LogP contribution < -0.4 is 5.73 Å². The largest absolute Gasteiger partial charge is 0.508 e. The van der Waals surface area contributed by atoms with E-state index in [1.165, 1.54) is 49.3 Å². The second-order valence-electron chi connectivity index (χ2n) is 11.0. The number of hydrogen-bond acceptors (Lipinski definition) is 11. The number of phenols is 1. The van der Waals surface area contributed by atoms with Crippen LogP contribution in [0.4, 0.5) is 0 Å². The third-order valence-corrected chi connectivity index (χ3v) is 9.64. The molecule has 7 N–H and O–H groups in total. The standard InChI is InChI=1S/C22H21ClN2O8.C7H8O3S/c1-7-8-5-4-6-9(26)10(8)17(29)21(23)12(7)16(28)13-14(25(2)3)15(27)11(19(24)31)18(30)22(13,33)20(21)32;1-6-2-4-7(5-3-6)11(8,9)10/h4-6,12-14,16,26,28,30,33H,1H2,2-3H3,(H2,24,31);2-5H,1H3,(H,8,9,10). The summed E-state index contributed by atoms with van der Waals surface area (Å²) in [4.78, 5) is 50.8. The molecule has 234 valence electrons. The number of aromatic hydroxyl groups is 1. The van der Waals surface area contributed by atoms with Crippen LogP contribution in [0, 0.1) is 18.8 Å². The van der Waals surface area contributed by atoms with Crippen molar-refractivity contribution in [3.8, 4) is 5.75 Å². The van der Waals surface area contributed by atoms with Gasteiger partial charge in [0.25, 0.3) is 16.0 Å². The number of aliphatic hydroxyl groups is 3. The summed E-state index contributed by atoms with van der Waals surface area (Å²) in [5.74, 6) is -10.1. The summed E-state index contributed by atoms with van der Waals surface area (Å²) in [6, 6.07) is 8.57. The van der Waals surface area contributed by atoms with Gasteiger partial charge in [-0.15, -0.1) is 11.6 Å². The van der Waals surface area contributed by atoms with Crippen molar-refractivity contribution >= 4 is 50.5 Å². The average molecular weight is 649 g/mol. The van der Waals surface area contributed by atoms with Crippen molar-refractivity contribution in [2.24, 2.45) is 17.6 Å². The van der Waals surface area contributed by atoms with Gasteiger partial charge in [0.1, 0.15) is 17.1 Å². The van der Waals surface area contributed by atoms with Gasteiger partial charge >= 0.3 is 0 Å². The zero-order valence-electron chi connectivity index (χ0n) is 23.6. The van der Waals surface area contributed by atoms with Crippen LogP contribution in [0.15, 0.2) is 65.3 Å². The quantitative estimate of drug-likeness (QED) is 0.116. The molecule has 0 spiro atoms. The van der Waals surface area contributed by atoms with Crippen molar-refractivity contribution < 1.29 is 52.6 Å². The van der Waals surface area contributed by atoms with Crippen LogP contribution >= 0.6 is 11.6 Å². The highest BCUT2D eigenvalue weighted by atomic mass is 35.5. The number of halogens is 1. The highest BCUT2D eigenvalue weighted by molar-refractivity contribution is 7.85. The van der Waals surface area contributed by atoms with Gasteiger partial charge in [-0.05, 0) is 50.4 Å². The molecular formula is C29H29ClN2O11S. The topological polar surface area (TPSA) is 233 Å². The molecule has 1 saturated carbocycles. The third-order valence-electron chi connectivity index (χ3n) is 8.19. The number of amides is 1. The number of rotatable bonds is 3. The number of benzene rings is 2. The first kappa shape index (κ1) is 33.0. The van der Waals surface area contributed by atoms with Crippen molar-refractivity contribution in [1.82, 2.24) is 4.90 Å². The number of fused-ring (bicyclic) bond motifs is 3. The molecule has 44 heavy (non-hydrogen) atoms. The Labute approximate surface area is 256 Å². The molecule has 0 heterocycles. The first-order chi connectivity index (χ1) is 20.2. The fraction of sp³-hybridized carbons (Fsp3) is 0.310. The van der Waals surface area contributed by atoms with Gasteiger partial charge < -0.3 is 26.2 Å². The van der Waals surface area contributed by atoms with Gasteiger partial charge in [0.2, 0.25) is 5.78 Å². The Hall–Kier alpha value is -3.92. The lowest BCUT2D eigenvalue weighted by molar-refractivity contribution is -0.176. The van der Waals surface area contributed by atoms with E-state index in [0.717, 1.165) is 5.56 Å². The lowest BCUT2D eigenvalue weighted by atomic mass is 9.52. The number of carbonyl (C=O) groups excluding carboxylic acids is 4. The number of phenolic OH excluding ortho intramolecular Hbond substituents is 1. The van der Waals surface area contributed by atoms with E-state index in [-0.39, 0.29) is 21.6 Å². The van der Waals surface area contributed by atoms with E-state index in [2.05, 4.69) is 6.58 Å². The first-order valence-electron chi connectivity index (χ1n) is 12.9. The molecule has 6 atom stereocenters. The maximum atomic E-state index is 13.8. The fourth-order valence-corrected chi connectivity index (χ4v) is 7.13. The first-order valence-corrected chi connectivity index (χ1v) is 14.7. The fourth-order valence-electron chi connectivity index (χ4n) is 6.15. The zero-order chi connectivity index (χ0) is 33.3. The Bertz CT molecular complexity index is 1770. The molecule has 3 aliphatic rings. The molecule has 2 aromatic rings. The Balaban J connectivity index is 0.000000339. The van der Waals surface area contributed by atoms with Crippen LogP contribution in [0.1, 0.15) is 21.5 Å². The number of aliphatic hydroxyl groups excluding tert-OH is 2. The van der Waals surface area contributed by atoms with Crippen molar-refractivity contribution in [2.45, 2.75) is 34.4 Å². The molecule has 6 unspecified atom stereocenters. The van der Waals surface area contributed by atoms with E-state index in [0.29, 0.717) is 0 Å². The van der Waals surface area contributed by atoms with Crippen LogP contribution in [0.5, 0.6) is 5.75 Å². The Morgan fingerprint density at radius 3 is 2.14 bits per heavy atom. The van der Waals surface area contributed by atoms with Crippen LogP contribution in [0.25, 0.3) is 5.57 Å². The highest BCUT2D eigenvalue weighted by Crippen LogP contribution is 2.58. The average Bonchev–Trinajstić information content (AvgIpc) is 2.92. The summed E-state index contributed by atoms with van der Waals surface area (Å²) in [5.41, 5.74) is 1.88. The van der Waals surface area contributed by atoms with E-state index in [9.17, 15) is 48.0 Å². The molecule has 13 nitrogen and oxygen atoms in total. The number of hydrogen-bond donors (Lipinski definition) is 6. The van der Waals surface area contributed by atoms with Crippen LogP contribution in [0.2, 0.25) is 0 Å². The number of primary amides is 1. The highest BCUT2D eigenvalue weighted by Gasteiger charge is 2.75. The van der Waals surface area contributed by atoms with E-state index >= 15 is 0 Å². The van der Waals surface area contributed by atoms with E-state index in [4.69, 9.17) is 21.9 Å². The number of alkyl halides is 1. The molecule has 0 aliphatic heterocycles. The lowest BCUT2D eigenvalue weighted by Crippen LogP contribution is -2.77. The maximum absolute atomic E-state index is 13.8. The van der Waals surface area contributed by atoms with Crippen molar-refractivity contribution in [1.29, 1.82) is 0 Å². The third kappa shape index (κ3) is 4.65. The summed E-state index contributed by atoms with van der Waals surface area (Å²) in [6.07, 6.45) is -1.86. The molecule has 3 aliphatic carbocycles. The smallest absolute Gasteiger partial charge is 0.294 e. The van der Waals surface area contributed by atoms with E-state index in [1.807, 2.05) is 6.92 Å². The molecule has 0 saturated heterocycles. The number of nitrogens with two attached hydrogens (primary N) is 1. The normalized spacial score (nSPS) is 29.8. The number of Topliss-reactive ketones (excluding diaryl/α,β-unsaturated/α-hetero) is 3. The molecule has 1 fully saturated rings. The predicted molar refractivity (Wildman–Crippen MR) is 155 cm³/mol. The van der Waals surface area contributed by atoms with Gasteiger partial charge in [-0.3, -0.25) is 28.6 Å². The van der Waals surface area contributed by atoms with Gasteiger partial charge in [-0.25, -0.2) is 0 Å². The predicted octanol–water partition coefficient (Wildman–Crippen LogP) is 0.538. The number of ketones is 3. The lowest BCUT2D eigenvalue weighted by Gasteiger charge is -2.56. The van der Waals surface area contributed by atoms with Crippen molar-refractivity contribution in [3.05, 3.63) is 77.1 Å². The molecule has 15 heteroatoms. The zero-order valence-corrected chi connectivity index (χ0v) is 25.1. The Morgan fingerprint density at radius 1 is 1.07 bits per heavy atom. The summed E-state index contributed by atoms with van der Waals surface area (Å²) < 4.78 is 29.6. The van der Waals surface area contributed by atoms with E-state index < -0.39 is 84.9 Å². The maximum Gasteiger partial charge on any atom is 0.294 e. The van der Waals surface area contributed by atoms with Crippen molar-refractivity contribution in [3.63, 3.8) is 0 Å². The SMILES string of the molecule is C=C1c2cccc(O)c2C(=O)C2(Cl)C(=O)C3(O)C(O)=C(C(N)=O)C(=O)C(N(C)C)C3C(O)C12.Cc1ccc(S(=O)(=O)O)cc1. The summed E-state index contributed by atoms with van der Waals surface area (Å²) in [7, 11) is -1.22. The van der Waals surface area contributed by atoms with E-state index in [1.54, 1.807) is 12.1 Å². The van der Waals surface area contributed by atoms with Gasteiger partial charge in [-0.1, -0.05) is 36.4 Å². The molecule has 0 radical (unpaired) electrons. The molecule has 2 aromatic carbocycles. The number of aryl methyl sites for hydroxylation is 1. The minimum Gasteiger partial charge on any atom is -0.508 e. The molecule has 0 aromatic heterocycles. The van der Waals surface area contributed by atoms with Gasteiger partial charge in [0.15, 0.2) is 22.0 Å². The minimum absolute atomic E-state index is 0.0209. The van der Waals surface area contributed by atoms with Crippen LogP contribution in [-0.2, 0) is 24.5 Å². The number of carbonyl (C=O) groups is 4. The Morgan fingerprint density at radius 2 is 1.64 bits per heavy atom. The second-order valence-corrected chi connectivity index (χ2v) is 13.0. The molecule has 0 bridgehead atoms. The summed E-state index contributed by atoms with van der Waals surface area (Å²) >= 11 is 6.59. The van der Waals surface area contributed by atoms with Crippen molar-refractivity contribution in [2.75, 3.05) is 14.1 Å². The Kier molecular flexibility index (Phi) is 8.18. The minimum atomic E-state index is -4.02. The second kappa shape index (κ2) is 10.9. The van der Waals surface area contributed by atoms with Gasteiger partial charge in [-0.2, -0.15) is 8.42 Å². The van der Waals surface area contributed by atoms with Crippen LogP contribution in [-0.4, -0.2) is 98.3 Å². The number of nitrogens with zero attached hydrogens (tertiary/aromatic N) is 1. The van der Waals surface area contributed by atoms with Gasteiger partial charge in [0.05, 0.1) is 28.5 Å². The monoisotopic (exact) mass is 648 g/mol. The molecule has 5 rings (SSSR count). The molecule has 1 amide bonds. The number of likely N-dealkylation sites (N-methyl/N-ethyl adjacent to an activating group) is 1. The molecular weight excluding hydrogens is 620 g/mol. The van der Waals surface area contributed by atoms with Crippen LogP contribution in [0.3, 0.4) is 0 Å². The summed E-state index contributed by atoms with van der Waals surface area (Å²) in [6.45, 7) is 5.71. The van der Waals surface area contributed by atoms with Gasteiger partial charge in [0, 0.05) is 5.92 Å². The summed E-state index contributed by atoms with van der Waals surface area (Å²) in [5, 5.41) is 44.0.